The Morgan fingerprint density at radius 3 is 1.40 bits per heavy atom. The molecule has 0 radical (unpaired) electrons. The molecule has 0 aromatic rings. The lowest BCUT2D eigenvalue weighted by molar-refractivity contribution is -0.283. The SMILES string of the molecule is CC.CC.NC1CCCC1.O=C1CCCC1.O=C[O-].[NH4+]. The van der Waals surface area contributed by atoms with Gasteiger partial charge in [-0.3, -0.25) is 4.79 Å². The van der Waals surface area contributed by atoms with E-state index in [0.29, 0.717) is 11.8 Å². The Kier molecular flexibility index (Phi) is 36.4. The van der Waals surface area contributed by atoms with Crippen LogP contribution in [0.25, 0.3) is 0 Å². The Hall–Kier alpha value is -0.940. The number of rotatable bonds is 0. The third kappa shape index (κ3) is 25.8. The van der Waals surface area contributed by atoms with Crippen molar-refractivity contribution in [1.82, 2.24) is 6.15 Å². The van der Waals surface area contributed by atoms with Crippen LogP contribution in [0.15, 0.2) is 0 Å². The van der Waals surface area contributed by atoms with Gasteiger partial charge in [-0.25, -0.2) is 0 Å². The molecule has 2 saturated carbocycles. The van der Waals surface area contributed by atoms with Crippen LogP contribution < -0.4 is 17.0 Å². The lowest BCUT2D eigenvalue weighted by Crippen LogP contribution is -2.13. The van der Waals surface area contributed by atoms with Crippen molar-refractivity contribution in [3.63, 3.8) is 0 Å². The van der Waals surface area contributed by atoms with Crippen LogP contribution in [0.4, 0.5) is 0 Å². The third-order valence-corrected chi connectivity index (χ3v) is 2.56. The van der Waals surface area contributed by atoms with Gasteiger partial charge in [0, 0.05) is 25.4 Å². The standard InChI is InChI=1S/C5H11N.C5H8O.2C2H6.CH2O2.H3N/c2*6-5-3-1-2-4-5;2*1-2;2-1-3;/h5H,1-4,6H2;1-4H2;2*1-2H3;1H,(H,2,3);1H3. The Morgan fingerprint density at radius 2 is 1.30 bits per heavy atom. The molecule has 124 valence electrons. The molecule has 0 bridgehead atoms. The molecule has 0 amide bonds. The van der Waals surface area contributed by atoms with E-state index in [0.717, 1.165) is 25.7 Å². The monoisotopic (exact) mass is 292 g/mol. The fourth-order valence-corrected chi connectivity index (χ4v) is 1.73. The molecule has 0 spiro atoms. The molecule has 2 rings (SSSR count). The average molecular weight is 292 g/mol. The summed E-state index contributed by atoms with van der Waals surface area (Å²) in [7, 11) is 0. The van der Waals surface area contributed by atoms with E-state index in [1.54, 1.807) is 0 Å². The number of carboxylic acid groups (broad SMARTS) is 1. The highest BCUT2D eigenvalue weighted by molar-refractivity contribution is 5.80. The van der Waals surface area contributed by atoms with Gasteiger partial charge in [-0.15, -0.1) is 0 Å². The molecular weight excluding hydrogens is 256 g/mol. The second kappa shape index (κ2) is 26.6. The first-order valence-electron chi connectivity index (χ1n) is 7.53. The van der Waals surface area contributed by atoms with Gasteiger partial charge in [0.25, 0.3) is 0 Å². The first kappa shape index (κ1) is 27.4. The van der Waals surface area contributed by atoms with Gasteiger partial charge < -0.3 is 21.8 Å². The zero-order chi connectivity index (χ0) is 15.5. The molecule has 0 heterocycles. The summed E-state index contributed by atoms with van der Waals surface area (Å²) in [5.74, 6) is 0.454. The highest BCUT2D eigenvalue weighted by Gasteiger charge is 2.08. The second-order valence-electron chi connectivity index (χ2n) is 3.89. The molecule has 0 atom stereocenters. The van der Waals surface area contributed by atoms with E-state index >= 15 is 0 Å². The van der Waals surface area contributed by atoms with Crippen LogP contribution in [-0.2, 0) is 9.59 Å². The van der Waals surface area contributed by atoms with Crippen molar-refractivity contribution < 1.29 is 14.7 Å². The molecule has 2 aliphatic carbocycles. The number of hydrogen-bond donors (Lipinski definition) is 2. The lowest BCUT2D eigenvalue weighted by atomic mass is 10.3. The number of hydrogen-bond acceptors (Lipinski definition) is 4. The fraction of sp³-hybridized carbons (Fsp3) is 0.867. The minimum absolute atomic E-state index is 0. The van der Waals surface area contributed by atoms with E-state index in [9.17, 15) is 4.79 Å². The van der Waals surface area contributed by atoms with Gasteiger partial charge in [0.15, 0.2) is 0 Å². The van der Waals surface area contributed by atoms with Crippen molar-refractivity contribution in [3.05, 3.63) is 0 Å². The Balaban J connectivity index is -0.0000000869. The molecule has 2 aliphatic rings. The number of nitrogens with two attached hydrogens (primary N) is 1. The maximum absolute atomic E-state index is 10.2. The third-order valence-electron chi connectivity index (χ3n) is 2.56. The number of quaternary nitrogens is 1. The van der Waals surface area contributed by atoms with E-state index in [1.807, 2.05) is 27.7 Å². The molecule has 0 unspecified atom stereocenters. The predicted octanol–water partition coefficient (Wildman–Crippen LogP) is 2.81. The Morgan fingerprint density at radius 1 is 1.00 bits per heavy atom. The Labute approximate surface area is 124 Å². The van der Waals surface area contributed by atoms with Crippen molar-refractivity contribution in [2.45, 2.75) is 85.1 Å². The lowest BCUT2D eigenvalue weighted by Gasteiger charge is -1.92. The second-order valence-corrected chi connectivity index (χ2v) is 3.89. The zero-order valence-corrected chi connectivity index (χ0v) is 14.1. The maximum Gasteiger partial charge on any atom is 0.132 e. The fourth-order valence-electron chi connectivity index (χ4n) is 1.73. The summed E-state index contributed by atoms with van der Waals surface area (Å²) in [5, 5.41) is 8.25. The summed E-state index contributed by atoms with van der Waals surface area (Å²) in [6, 6.07) is 0.546. The summed E-state index contributed by atoms with van der Waals surface area (Å²) in [4.78, 5) is 18.5. The summed E-state index contributed by atoms with van der Waals surface area (Å²) in [6.45, 7) is 7.50. The van der Waals surface area contributed by atoms with Gasteiger partial charge in [0.2, 0.25) is 0 Å². The van der Waals surface area contributed by atoms with Crippen molar-refractivity contribution in [2.24, 2.45) is 5.73 Å². The van der Waals surface area contributed by atoms with Gasteiger partial charge in [-0.2, -0.15) is 0 Å². The van der Waals surface area contributed by atoms with E-state index in [-0.39, 0.29) is 6.15 Å². The molecule has 6 N–H and O–H groups in total. The van der Waals surface area contributed by atoms with E-state index in [2.05, 4.69) is 0 Å². The average Bonchev–Trinajstić information content (AvgIpc) is 3.10. The first-order chi connectivity index (χ1) is 9.20. The van der Waals surface area contributed by atoms with Gasteiger partial charge in [-0.05, 0) is 25.7 Å². The van der Waals surface area contributed by atoms with E-state index in [4.69, 9.17) is 15.6 Å². The summed E-state index contributed by atoms with van der Waals surface area (Å²) < 4.78 is 0. The molecule has 0 aliphatic heterocycles. The van der Waals surface area contributed by atoms with Gasteiger partial charge in [0.05, 0.1) is 0 Å². The van der Waals surface area contributed by atoms with Gasteiger partial charge in [0.1, 0.15) is 5.78 Å². The Bertz CT molecular complexity index is 174. The van der Waals surface area contributed by atoms with Crippen LogP contribution >= 0.6 is 0 Å². The largest absolute Gasteiger partial charge is 0.554 e. The van der Waals surface area contributed by atoms with E-state index < -0.39 is 6.47 Å². The quantitative estimate of drug-likeness (QED) is 0.667. The first-order valence-corrected chi connectivity index (χ1v) is 7.53. The summed E-state index contributed by atoms with van der Waals surface area (Å²) >= 11 is 0. The normalized spacial score (nSPS) is 15.6. The molecule has 20 heavy (non-hydrogen) atoms. The predicted molar refractivity (Wildman–Crippen MR) is 84.7 cm³/mol. The van der Waals surface area contributed by atoms with Crippen LogP contribution in [-0.4, -0.2) is 18.3 Å². The molecule has 0 saturated heterocycles. The van der Waals surface area contributed by atoms with Crippen molar-refractivity contribution in [2.75, 3.05) is 0 Å². The smallest absolute Gasteiger partial charge is 0.132 e. The number of carbonyl (C=O) groups excluding carboxylic acids is 2. The minimum atomic E-state index is -0.500. The highest BCUT2D eigenvalue weighted by Crippen LogP contribution is 2.14. The number of ketones is 1. The summed E-state index contributed by atoms with van der Waals surface area (Å²) in [5.41, 5.74) is 5.53. The molecule has 0 aromatic heterocycles. The van der Waals surface area contributed by atoms with Crippen LogP contribution in [0.2, 0.25) is 0 Å². The van der Waals surface area contributed by atoms with Crippen LogP contribution in [0.3, 0.4) is 0 Å². The highest BCUT2D eigenvalue weighted by atomic mass is 16.3. The van der Waals surface area contributed by atoms with Crippen molar-refractivity contribution in [3.8, 4) is 0 Å². The van der Waals surface area contributed by atoms with Crippen molar-refractivity contribution in [1.29, 1.82) is 0 Å². The van der Waals surface area contributed by atoms with Crippen molar-refractivity contribution >= 4 is 12.3 Å². The van der Waals surface area contributed by atoms with Crippen LogP contribution in [0, 0.1) is 0 Å². The van der Waals surface area contributed by atoms with Gasteiger partial charge in [-0.1, -0.05) is 40.5 Å². The number of Topliss-reactive ketones (excluding diaryl/α,β-unsaturated/α-hetero) is 1. The van der Waals surface area contributed by atoms with E-state index in [1.165, 1.54) is 25.7 Å². The molecule has 0 aromatic carbocycles. The molecular formula is C15H36N2O3. The van der Waals surface area contributed by atoms with Crippen LogP contribution in [0.1, 0.15) is 79.1 Å². The molecule has 2 fully saturated rings. The summed E-state index contributed by atoms with van der Waals surface area (Å²) in [6.07, 6.45) is 9.22. The maximum atomic E-state index is 10.2. The number of carbonyl (C=O) groups is 2. The topological polar surface area (TPSA) is 120 Å². The zero-order valence-electron chi connectivity index (χ0n) is 14.1. The van der Waals surface area contributed by atoms with Crippen LogP contribution in [0.5, 0.6) is 0 Å². The van der Waals surface area contributed by atoms with Gasteiger partial charge >= 0.3 is 0 Å². The molecule has 5 heteroatoms. The minimum Gasteiger partial charge on any atom is -0.554 e. The molecule has 5 nitrogen and oxygen atoms in total.